The van der Waals surface area contributed by atoms with Gasteiger partial charge >= 0.3 is 12.2 Å². The van der Waals surface area contributed by atoms with Crippen LogP contribution in [0.4, 0.5) is 13.2 Å². The van der Waals surface area contributed by atoms with Crippen molar-refractivity contribution in [3.05, 3.63) is 89.1 Å². The molecule has 5 rings (SSSR count). The Morgan fingerprint density at radius 3 is 2.62 bits per heavy atom. The molecule has 3 heterocycles. The molecule has 0 aliphatic heterocycles. The third-order valence-electron chi connectivity index (χ3n) is 4.98. The molecule has 0 bridgehead atoms. The lowest BCUT2D eigenvalue weighted by Crippen LogP contribution is -2.11. The first-order valence-corrected chi connectivity index (χ1v) is 9.65. The van der Waals surface area contributed by atoms with Crippen molar-refractivity contribution in [1.82, 2.24) is 19.5 Å². The van der Waals surface area contributed by atoms with Gasteiger partial charge in [0.1, 0.15) is 5.75 Å². The Bertz CT molecular complexity index is 1490. The summed E-state index contributed by atoms with van der Waals surface area (Å²) in [6, 6.07) is 15.2. The Morgan fingerprint density at radius 1 is 1.03 bits per heavy atom. The number of alkyl halides is 3. The van der Waals surface area contributed by atoms with E-state index >= 15 is 0 Å². The van der Waals surface area contributed by atoms with Crippen LogP contribution in [-0.2, 0) is 6.42 Å². The molecular weight excluding hydrogens is 421 g/mol. The molecular formula is C23H15F3N4O2. The van der Waals surface area contributed by atoms with Crippen LogP contribution < -0.4 is 10.3 Å². The molecule has 0 unspecified atom stereocenters. The molecule has 0 aliphatic rings. The second kappa shape index (κ2) is 7.52. The molecule has 0 saturated heterocycles. The predicted molar refractivity (Wildman–Crippen MR) is 113 cm³/mol. The number of aromatic amines is 1. The van der Waals surface area contributed by atoms with Crippen molar-refractivity contribution >= 4 is 21.8 Å². The molecule has 32 heavy (non-hydrogen) atoms. The lowest BCUT2D eigenvalue weighted by molar-refractivity contribution is -0.127. The SMILES string of the molecule is O=c1[nH]c(Oc2ccc(-n3ccc4cc(CC(F)(F)F)ccc43)cc2)nc2cnccc12. The topological polar surface area (TPSA) is 72.8 Å². The van der Waals surface area contributed by atoms with Gasteiger partial charge in [-0.2, -0.15) is 18.2 Å². The summed E-state index contributed by atoms with van der Waals surface area (Å²) in [5.74, 6) is 0.462. The Kier molecular flexibility index (Phi) is 4.66. The molecule has 0 amide bonds. The highest BCUT2D eigenvalue weighted by Crippen LogP contribution is 2.27. The van der Waals surface area contributed by atoms with Crippen LogP contribution in [0.2, 0.25) is 0 Å². The maximum absolute atomic E-state index is 12.7. The van der Waals surface area contributed by atoms with E-state index in [-0.39, 0.29) is 17.1 Å². The van der Waals surface area contributed by atoms with Crippen molar-refractivity contribution in [3.63, 3.8) is 0 Å². The molecule has 0 saturated carbocycles. The molecule has 5 aromatic rings. The molecule has 1 N–H and O–H groups in total. The van der Waals surface area contributed by atoms with Gasteiger partial charge in [0.05, 0.1) is 29.0 Å². The number of ether oxygens (including phenoxy) is 1. The number of H-pyrrole nitrogens is 1. The summed E-state index contributed by atoms with van der Waals surface area (Å²) in [5, 5.41) is 1.14. The van der Waals surface area contributed by atoms with Gasteiger partial charge in [0.25, 0.3) is 5.56 Å². The van der Waals surface area contributed by atoms with E-state index in [4.69, 9.17) is 4.74 Å². The highest BCUT2D eigenvalue weighted by Gasteiger charge is 2.27. The van der Waals surface area contributed by atoms with E-state index in [1.807, 2.05) is 4.57 Å². The summed E-state index contributed by atoms with van der Waals surface area (Å²) in [7, 11) is 0. The molecule has 160 valence electrons. The number of nitrogens with one attached hydrogen (secondary N) is 1. The number of rotatable bonds is 4. The molecule has 3 aromatic heterocycles. The minimum absolute atomic E-state index is 0.0480. The first-order chi connectivity index (χ1) is 15.4. The molecule has 6 nitrogen and oxygen atoms in total. The van der Waals surface area contributed by atoms with Crippen molar-refractivity contribution in [2.75, 3.05) is 0 Å². The number of halogens is 3. The first-order valence-electron chi connectivity index (χ1n) is 9.65. The smallest absolute Gasteiger partial charge is 0.393 e. The Balaban J connectivity index is 1.40. The largest absolute Gasteiger partial charge is 0.426 e. The molecule has 2 aromatic carbocycles. The zero-order chi connectivity index (χ0) is 22.3. The third kappa shape index (κ3) is 3.92. The Morgan fingerprint density at radius 2 is 1.84 bits per heavy atom. The maximum atomic E-state index is 12.7. The molecule has 0 fully saturated rings. The summed E-state index contributed by atoms with van der Waals surface area (Å²) in [6.07, 6.45) is -0.403. The lowest BCUT2D eigenvalue weighted by atomic mass is 10.1. The minimum Gasteiger partial charge on any atom is -0.426 e. The number of aromatic nitrogens is 4. The average Bonchev–Trinajstić information content (AvgIpc) is 3.16. The van der Waals surface area contributed by atoms with Crippen molar-refractivity contribution < 1.29 is 17.9 Å². The molecule has 0 radical (unpaired) electrons. The summed E-state index contributed by atoms with van der Waals surface area (Å²) >= 11 is 0. The number of hydrogen-bond acceptors (Lipinski definition) is 4. The summed E-state index contributed by atoms with van der Waals surface area (Å²) in [6.45, 7) is 0. The molecule has 0 aliphatic carbocycles. The fourth-order valence-corrected chi connectivity index (χ4v) is 3.56. The number of fused-ring (bicyclic) bond motifs is 2. The first kappa shape index (κ1) is 19.8. The van der Waals surface area contributed by atoms with E-state index in [1.54, 1.807) is 54.7 Å². The van der Waals surface area contributed by atoms with Gasteiger partial charge < -0.3 is 9.30 Å². The van der Waals surface area contributed by atoms with E-state index in [9.17, 15) is 18.0 Å². The molecule has 0 spiro atoms. The van der Waals surface area contributed by atoms with Crippen LogP contribution in [0.1, 0.15) is 5.56 Å². The van der Waals surface area contributed by atoms with Gasteiger partial charge in [0, 0.05) is 23.5 Å². The number of nitrogens with zero attached hydrogens (tertiary/aromatic N) is 3. The van der Waals surface area contributed by atoms with Gasteiger partial charge in [-0.3, -0.25) is 14.8 Å². The monoisotopic (exact) mass is 436 g/mol. The number of benzene rings is 2. The van der Waals surface area contributed by atoms with Crippen LogP contribution in [0.5, 0.6) is 11.8 Å². The van der Waals surface area contributed by atoms with Crippen LogP contribution in [0.25, 0.3) is 27.5 Å². The molecule has 9 heteroatoms. The third-order valence-corrected chi connectivity index (χ3v) is 4.98. The van der Waals surface area contributed by atoms with Crippen molar-refractivity contribution in [2.24, 2.45) is 0 Å². The maximum Gasteiger partial charge on any atom is 0.393 e. The quantitative estimate of drug-likeness (QED) is 0.423. The van der Waals surface area contributed by atoms with Gasteiger partial charge in [-0.1, -0.05) is 6.07 Å². The lowest BCUT2D eigenvalue weighted by Gasteiger charge is -2.09. The van der Waals surface area contributed by atoms with E-state index in [0.29, 0.717) is 16.7 Å². The highest BCUT2D eigenvalue weighted by atomic mass is 19.4. The van der Waals surface area contributed by atoms with Crippen molar-refractivity contribution in [3.8, 4) is 17.4 Å². The second-order valence-electron chi connectivity index (χ2n) is 7.23. The van der Waals surface area contributed by atoms with Crippen LogP contribution in [0, 0.1) is 0 Å². The fourth-order valence-electron chi connectivity index (χ4n) is 3.56. The van der Waals surface area contributed by atoms with Crippen LogP contribution in [-0.4, -0.2) is 25.7 Å². The van der Waals surface area contributed by atoms with Crippen LogP contribution in [0.15, 0.2) is 78.0 Å². The van der Waals surface area contributed by atoms with Gasteiger partial charge in [0.15, 0.2) is 0 Å². The van der Waals surface area contributed by atoms with Crippen molar-refractivity contribution in [2.45, 2.75) is 12.6 Å². The fraction of sp³-hybridized carbons (Fsp3) is 0.0870. The minimum atomic E-state index is -4.24. The highest BCUT2D eigenvalue weighted by molar-refractivity contribution is 5.82. The summed E-state index contributed by atoms with van der Waals surface area (Å²) in [4.78, 5) is 23.0. The van der Waals surface area contributed by atoms with Crippen molar-refractivity contribution in [1.29, 1.82) is 0 Å². The average molecular weight is 436 g/mol. The van der Waals surface area contributed by atoms with E-state index in [1.165, 1.54) is 18.5 Å². The standard InChI is InChI=1S/C23H15F3N4O2/c24-23(25,26)12-14-1-6-20-15(11-14)8-10-30(20)16-2-4-17(5-3-16)32-22-28-19-13-27-9-7-18(19)21(31)29-22/h1-11,13H,12H2,(H,28,29,31). The number of hydrogen-bond donors (Lipinski definition) is 1. The van der Waals surface area contributed by atoms with Gasteiger partial charge in [-0.05, 0) is 54.1 Å². The zero-order valence-corrected chi connectivity index (χ0v) is 16.4. The van der Waals surface area contributed by atoms with E-state index in [0.717, 1.165) is 16.6 Å². The number of pyridine rings is 1. The zero-order valence-electron chi connectivity index (χ0n) is 16.4. The predicted octanol–water partition coefficient (Wildman–Crippen LogP) is 5.16. The van der Waals surface area contributed by atoms with Gasteiger partial charge in [-0.15, -0.1) is 0 Å². The van der Waals surface area contributed by atoms with Crippen LogP contribution in [0.3, 0.4) is 0 Å². The Labute approximate surface area is 178 Å². The second-order valence-corrected chi connectivity index (χ2v) is 7.23. The van der Waals surface area contributed by atoms with E-state index < -0.39 is 12.6 Å². The molecule has 0 atom stereocenters. The summed E-state index contributed by atoms with van der Waals surface area (Å²) in [5.41, 5.74) is 1.91. The van der Waals surface area contributed by atoms with Crippen LogP contribution >= 0.6 is 0 Å². The Hall–Kier alpha value is -4.14. The summed E-state index contributed by atoms with van der Waals surface area (Å²) < 4.78 is 45.5. The van der Waals surface area contributed by atoms with E-state index in [2.05, 4.69) is 15.0 Å². The normalized spacial score (nSPS) is 11.8. The van der Waals surface area contributed by atoms with Gasteiger partial charge in [0.2, 0.25) is 0 Å². The van der Waals surface area contributed by atoms with Gasteiger partial charge in [-0.25, -0.2) is 0 Å².